The lowest BCUT2D eigenvalue weighted by atomic mass is 10.2. The van der Waals surface area contributed by atoms with Gasteiger partial charge in [-0.25, -0.2) is 0 Å². The van der Waals surface area contributed by atoms with Crippen molar-refractivity contribution in [2.24, 2.45) is 0 Å². The Labute approximate surface area is 106 Å². The highest BCUT2D eigenvalue weighted by atomic mass is 16.5. The molecule has 1 saturated heterocycles. The van der Waals surface area contributed by atoms with Crippen molar-refractivity contribution in [3.63, 3.8) is 0 Å². The van der Waals surface area contributed by atoms with E-state index in [4.69, 9.17) is 4.74 Å². The normalized spacial score (nSPS) is 22.2. The second-order valence-electron chi connectivity index (χ2n) is 4.91. The van der Waals surface area contributed by atoms with E-state index >= 15 is 0 Å². The Balaban J connectivity index is 2.18. The second kappa shape index (κ2) is 8.86. The SMILES string of the molecule is CCCN(C)CC1CN(CCNCC)CCO1. The quantitative estimate of drug-likeness (QED) is 0.633. The van der Waals surface area contributed by atoms with Crippen LogP contribution in [0.25, 0.3) is 0 Å². The van der Waals surface area contributed by atoms with Gasteiger partial charge in [-0.05, 0) is 26.6 Å². The minimum atomic E-state index is 0.391. The van der Waals surface area contributed by atoms with Gasteiger partial charge in [-0.15, -0.1) is 0 Å². The van der Waals surface area contributed by atoms with Crippen LogP contribution in [0, 0.1) is 0 Å². The van der Waals surface area contributed by atoms with Gasteiger partial charge in [-0.2, -0.15) is 0 Å². The number of nitrogens with one attached hydrogen (secondary N) is 1. The topological polar surface area (TPSA) is 27.7 Å². The fourth-order valence-corrected chi connectivity index (χ4v) is 2.33. The third-order valence-electron chi connectivity index (χ3n) is 3.20. The van der Waals surface area contributed by atoms with Crippen LogP contribution in [0.3, 0.4) is 0 Å². The predicted octanol–water partition coefficient (Wildman–Crippen LogP) is 0.639. The van der Waals surface area contributed by atoms with Gasteiger partial charge in [0.15, 0.2) is 0 Å². The Hall–Kier alpha value is -0.160. The molecular weight excluding hydrogens is 214 g/mol. The van der Waals surface area contributed by atoms with Crippen molar-refractivity contribution in [1.29, 1.82) is 0 Å². The van der Waals surface area contributed by atoms with Crippen LogP contribution < -0.4 is 5.32 Å². The lowest BCUT2D eigenvalue weighted by molar-refractivity contribution is -0.0399. The van der Waals surface area contributed by atoms with Crippen LogP contribution in [0.5, 0.6) is 0 Å². The maximum absolute atomic E-state index is 5.83. The summed E-state index contributed by atoms with van der Waals surface area (Å²) in [6.07, 6.45) is 1.61. The standard InChI is InChI=1S/C13H29N3O/c1-4-7-15(3)11-13-12-16(9-10-17-13)8-6-14-5-2/h13-14H,4-12H2,1-3H3. The van der Waals surface area contributed by atoms with Crippen LogP contribution >= 0.6 is 0 Å². The Bertz CT molecular complexity index is 190. The van der Waals surface area contributed by atoms with Crippen LogP contribution in [-0.4, -0.2) is 75.4 Å². The molecule has 0 aromatic carbocycles. The van der Waals surface area contributed by atoms with Crippen molar-refractivity contribution in [2.75, 3.05) is 59.5 Å². The summed E-state index contributed by atoms with van der Waals surface area (Å²) in [5.41, 5.74) is 0. The minimum absolute atomic E-state index is 0.391. The molecule has 1 aliphatic heterocycles. The molecule has 102 valence electrons. The summed E-state index contributed by atoms with van der Waals surface area (Å²) in [4.78, 5) is 4.88. The first-order valence-corrected chi connectivity index (χ1v) is 6.99. The van der Waals surface area contributed by atoms with Gasteiger partial charge in [0.25, 0.3) is 0 Å². The van der Waals surface area contributed by atoms with E-state index in [2.05, 4.69) is 36.0 Å². The highest BCUT2D eigenvalue weighted by Crippen LogP contribution is 2.06. The van der Waals surface area contributed by atoms with Gasteiger partial charge in [0.1, 0.15) is 0 Å². The molecule has 1 fully saturated rings. The molecule has 0 saturated carbocycles. The molecule has 0 aromatic rings. The van der Waals surface area contributed by atoms with Gasteiger partial charge in [0.2, 0.25) is 0 Å². The number of likely N-dealkylation sites (N-methyl/N-ethyl adjacent to an activating group) is 2. The van der Waals surface area contributed by atoms with Crippen molar-refractivity contribution in [1.82, 2.24) is 15.1 Å². The third-order valence-corrected chi connectivity index (χ3v) is 3.20. The van der Waals surface area contributed by atoms with Crippen molar-refractivity contribution < 1.29 is 4.74 Å². The lowest BCUT2D eigenvalue weighted by Crippen LogP contribution is -2.48. The second-order valence-corrected chi connectivity index (χ2v) is 4.91. The van der Waals surface area contributed by atoms with Crippen molar-refractivity contribution in [3.8, 4) is 0 Å². The average Bonchev–Trinajstić information content (AvgIpc) is 2.30. The molecular formula is C13H29N3O. The van der Waals surface area contributed by atoms with Gasteiger partial charge < -0.3 is 15.0 Å². The van der Waals surface area contributed by atoms with Crippen LogP contribution in [0.2, 0.25) is 0 Å². The molecule has 0 radical (unpaired) electrons. The molecule has 4 nitrogen and oxygen atoms in total. The van der Waals surface area contributed by atoms with E-state index in [1.165, 1.54) is 6.42 Å². The van der Waals surface area contributed by atoms with Gasteiger partial charge in [0, 0.05) is 32.7 Å². The molecule has 1 atom stereocenters. The predicted molar refractivity (Wildman–Crippen MR) is 72.5 cm³/mol. The van der Waals surface area contributed by atoms with Gasteiger partial charge in [-0.3, -0.25) is 4.90 Å². The van der Waals surface area contributed by atoms with Crippen molar-refractivity contribution in [2.45, 2.75) is 26.4 Å². The van der Waals surface area contributed by atoms with Gasteiger partial charge in [-0.1, -0.05) is 13.8 Å². The fraction of sp³-hybridized carbons (Fsp3) is 1.00. The number of rotatable bonds is 8. The van der Waals surface area contributed by atoms with E-state index in [1.807, 2.05) is 0 Å². The maximum Gasteiger partial charge on any atom is 0.0829 e. The van der Waals surface area contributed by atoms with Crippen molar-refractivity contribution in [3.05, 3.63) is 0 Å². The van der Waals surface area contributed by atoms with Crippen LogP contribution in [-0.2, 0) is 4.74 Å². The van der Waals surface area contributed by atoms with Crippen LogP contribution in [0.1, 0.15) is 20.3 Å². The zero-order valence-electron chi connectivity index (χ0n) is 11.7. The Morgan fingerprint density at radius 2 is 2.24 bits per heavy atom. The largest absolute Gasteiger partial charge is 0.374 e. The minimum Gasteiger partial charge on any atom is -0.374 e. The number of morpholine rings is 1. The zero-order chi connectivity index (χ0) is 12.5. The Morgan fingerprint density at radius 3 is 2.94 bits per heavy atom. The molecule has 0 aromatic heterocycles. The summed E-state index contributed by atoms with van der Waals surface area (Å²) in [5.74, 6) is 0. The summed E-state index contributed by atoms with van der Waals surface area (Å²) in [6.45, 7) is 13.0. The first-order valence-electron chi connectivity index (χ1n) is 6.99. The van der Waals surface area contributed by atoms with E-state index in [0.717, 1.165) is 52.4 Å². The van der Waals surface area contributed by atoms with E-state index in [-0.39, 0.29) is 0 Å². The Kier molecular flexibility index (Phi) is 7.77. The summed E-state index contributed by atoms with van der Waals surface area (Å²) >= 11 is 0. The molecule has 1 rings (SSSR count). The van der Waals surface area contributed by atoms with Gasteiger partial charge in [0.05, 0.1) is 12.7 Å². The molecule has 1 aliphatic rings. The molecule has 17 heavy (non-hydrogen) atoms. The zero-order valence-corrected chi connectivity index (χ0v) is 11.7. The summed E-state index contributed by atoms with van der Waals surface area (Å²) in [7, 11) is 2.18. The highest BCUT2D eigenvalue weighted by Gasteiger charge is 2.20. The molecule has 1 unspecified atom stereocenters. The lowest BCUT2D eigenvalue weighted by Gasteiger charge is -2.34. The number of hydrogen-bond acceptors (Lipinski definition) is 4. The van der Waals surface area contributed by atoms with E-state index in [1.54, 1.807) is 0 Å². The molecule has 0 spiro atoms. The first-order chi connectivity index (χ1) is 8.26. The monoisotopic (exact) mass is 243 g/mol. The van der Waals surface area contributed by atoms with Crippen molar-refractivity contribution >= 4 is 0 Å². The first kappa shape index (κ1) is 14.9. The molecule has 0 amide bonds. The van der Waals surface area contributed by atoms with E-state index in [0.29, 0.717) is 6.10 Å². The smallest absolute Gasteiger partial charge is 0.0829 e. The molecule has 4 heteroatoms. The average molecular weight is 243 g/mol. The molecule has 1 N–H and O–H groups in total. The van der Waals surface area contributed by atoms with E-state index < -0.39 is 0 Å². The Morgan fingerprint density at radius 1 is 1.41 bits per heavy atom. The van der Waals surface area contributed by atoms with Gasteiger partial charge >= 0.3 is 0 Å². The maximum atomic E-state index is 5.83. The highest BCUT2D eigenvalue weighted by molar-refractivity contribution is 4.74. The number of nitrogens with zero attached hydrogens (tertiary/aromatic N) is 2. The van der Waals surface area contributed by atoms with E-state index in [9.17, 15) is 0 Å². The number of ether oxygens (including phenoxy) is 1. The van der Waals surface area contributed by atoms with Crippen LogP contribution in [0.15, 0.2) is 0 Å². The summed E-state index contributed by atoms with van der Waals surface area (Å²) in [6, 6.07) is 0. The number of hydrogen-bond donors (Lipinski definition) is 1. The van der Waals surface area contributed by atoms with Crippen LogP contribution in [0.4, 0.5) is 0 Å². The molecule has 1 heterocycles. The molecule has 0 bridgehead atoms. The fourth-order valence-electron chi connectivity index (χ4n) is 2.33. The summed E-state index contributed by atoms with van der Waals surface area (Å²) in [5, 5.41) is 3.38. The summed E-state index contributed by atoms with van der Waals surface area (Å²) < 4.78 is 5.83. The molecule has 0 aliphatic carbocycles. The third kappa shape index (κ3) is 6.36.